The zero-order valence-corrected chi connectivity index (χ0v) is 14.7. The highest BCUT2D eigenvalue weighted by Gasteiger charge is 2.34. The van der Waals surface area contributed by atoms with Gasteiger partial charge >= 0.3 is 0 Å². The maximum Gasteiger partial charge on any atom is 0.194 e. The molecule has 0 bridgehead atoms. The van der Waals surface area contributed by atoms with Gasteiger partial charge in [0.15, 0.2) is 5.89 Å². The van der Waals surface area contributed by atoms with Gasteiger partial charge in [0.1, 0.15) is 6.26 Å². The van der Waals surface area contributed by atoms with Gasteiger partial charge < -0.3 is 4.42 Å². The minimum absolute atomic E-state index is 0.809. The predicted octanol–water partition coefficient (Wildman–Crippen LogP) is 6.41. The fourth-order valence-electron chi connectivity index (χ4n) is 4.39. The van der Waals surface area contributed by atoms with Crippen molar-refractivity contribution in [3.63, 3.8) is 0 Å². The molecule has 0 saturated heterocycles. The lowest BCUT2D eigenvalue weighted by Gasteiger charge is -2.23. The summed E-state index contributed by atoms with van der Waals surface area (Å²) in [6.45, 7) is 4.66. The Hall–Kier alpha value is -0.790. The molecule has 0 N–H and O–H groups in total. The normalized spacial score (nSPS) is 24.9. The van der Waals surface area contributed by atoms with Crippen molar-refractivity contribution in [3.8, 4) is 0 Å². The molecule has 1 fully saturated rings. The molecule has 1 aliphatic carbocycles. The third kappa shape index (κ3) is 5.44. The third-order valence-electron chi connectivity index (χ3n) is 5.70. The van der Waals surface area contributed by atoms with Crippen molar-refractivity contribution < 1.29 is 4.42 Å². The molecule has 2 nitrogen and oxygen atoms in total. The van der Waals surface area contributed by atoms with Crippen molar-refractivity contribution in [2.75, 3.05) is 0 Å². The minimum atomic E-state index is 0.809. The highest BCUT2D eigenvalue weighted by atomic mass is 16.3. The first-order valence-electron chi connectivity index (χ1n) is 9.73. The van der Waals surface area contributed by atoms with E-state index in [1.165, 1.54) is 70.6 Å². The van der Waals surface area contributed by atoms with Crippen molar-refractivity contribution in [2.24, 2.45) is 17.8 Å². The van der Waals surface area contributed by atoms with Crippen LogP contribution in [0.2, 0.25) is 0 Å². The molecular formula is C20H35NO. The molecule has 1 aliphatic rings. The van der Waals surface area contributed by atoms with Crippen molar-refractivity contribution in [3.05, 3.63) is 18.4 Å². The van der Waals surface area contributed by atoms with Gasteiger partial charge in [0.25, 0.3) is 0 Å². The second kappa shape index (κ2) is 10.1. The van der Waals surface area contributed by atoms with Gasteiger partial charge in [0, 0.05) is 6.42 Å². The van der Waals surface area contributed by atoms with E-state index in [1.807, 2.05) is 0 Å². The fraction of sp³-hybridized carbons (Fsp3) is 0.850. The smallest absolute Gasteiger partial charge is 0.194 e. The second-order valence-electron chi connectivity index (χ2n) is 7.21. The summed E-state index contributed by atoms with van der Waals surface area (Å²) in [5, 5.41) is 0. The number of hydrogen-bond donors (Lipinski definition) is 0. The first-order valence-corrected chi connectivity index (χ1v) is 9.73. The lowest BCUT2D eigenvalue weighted by atomic mass is 9.82. The molecule has 126 valence electrons. The van der Waals surface area contributed by atoms with E-state index in [0.717, 1.165) is 30.1 Å². The van der Waals surface area contributed by atoms with E-state index in [-0.39, 0.29) is 0 Å². The first-order chi connectivity index (χ1) is 10.8. The Morgan fingerprint density at radius 1 is 1.00 bits per heavy atom. The molecule has 3 unspecified atom stereocenters. The van der Waals surface area contributed by atoms with Crippen LogP contribution >= 0.6 is 0 Å². The molecule has 0 radical (unpaired) electrons. The number of hydrogen-bond acceptors (Lipinski definition) is 2. The van der Waals surface area contributed by atoms with Crippen LogP contribution in [0, 0.1) is 17.8 Å². The SMILES string of the molecule is CCCCCCCCCC1C(CC)CCC1Cc1ncco1. The summed E-state index contributed by atoms with van der Waals surface area (Å²) in [7, 11) is 0. The number of aromatic nitrogens is 1. The van der Waals surface area contributed by atoms with Gasteiger partial charge in [-0.1, -0.05) is 65.2 Å². The van der Waals surface area contributed by atoms with Crippen molar-refractivity contribution in [2.45, 2.75) is 90.9 Å². The zero-order valence-electron chi connectivity index (χ0n) is 14.7. The topological polar surface area (TPSA) is 26.0 Å². The Labute approximate surface area is 137 Å². The number of oxazole rings is 1. The van der Waals surface area contributed by atoms with Crippen LogP contribution in [0.25, 0.3) is 0 Å². The van der Waals surface area contributed by atoms with E-state index in [0.29, 0.717) is 0 Å². The lowest BCUT2D eigenvalue weighted by Crippen LogP contribution is -2.17. The van der Waals surface area contributed by atoms with Crippen LogP contribution in [-0.2, 0) is 6.42 Å². The summed E-state index contributed by atoms with van der Waals surface area (Å²) in [5.41, 5.74) is 0. The Kier molecular flexibility index (Phi) is 8.04. The second-order valence-corrected chi connectivity index (χ2v) is 7.21. The summed E-state index contributed by atoms with van der Waals surface area (Å²) in [6.07, 6.45) is 20.1. The molecular weight excluding hydrogens is 270 g/mol. The molecule has 0 aliphatic heterocycles. The van der Waals surface area contributed by atoms with Crippen molar-refractivity contribution in [1.29, 1.82) is 0 Å². The van der Waals surface area contributed by atoms with Crippen LogP contribution in [0.3, 0.4) is 0 Å². The van der Waals surface area contributed by atoms with Crippen LogP contribution < -0.4 is 0 Å². The van der Waals surface area contributed by atoms with Gasteiger partial charge in [0.05, 0.1) is 6.20 Å². The monoisotopic (exact) mass is 305 g/mol. The number of nitrogens with zero attached hydrogens (tertiary/aromatic N) is 1. The van der Waals surface area contributed by atoms with Gasteiger partial charge in [-0.15, -0.1) is 0 Å². The quantitative estimate of drug-likeness (QED) is 0.441. The maximum absolute atomic E-state index is 5.48. The molecule has 2 rings (SSSR count). The van der Waals surface area contributed by atoms with Gasteiger partial charge in [-0.2, -0.15) is 0 Å². The zero-order chi connectivity index (χ0) is 15.6. The standard InChI is InChI=1S/C20H35NO/c1-3-5-6-7-8-9-10-11-19-17(4-2)12-13-18(19)16-20-21-14-15-22-20/h14-15,17-19H,3-13,16H2,1-2H3. The van der Waals surface area contributed by atoms with E-state index < -0.39 is 0 Å². The predicted molar refractivity (Wildman–Crippen MR) is 92.8 cm³/mol. The average Bonchev–Trinajstić information content (AvgIpc) is 3.17. The van der Waals surface area contributed by atoms with E-state index in [4.69, 9.17) is 4.42 Å². The largest absolute Gasteiger partial charge is 0.449 e. The van der Waals surface area contributed by atoms with E-state index in [9.17, 15) is 0 Å². The van der Waals surface area contributed by atoms with Gasteiger partial charge in [-0.25, -0.2) is 4.98 Å². The molecule has 22 heavy (non-hydrogen) atoms. The Morgan fingerprint density at radius 2 is 1.73 bits per heavy atom. The van der Waals surface area contributed by atoms with E-state index in [1.54, 1.807) is 12.5 Å². The lowest BCUT2D eigenvalue weighted by molar-refractivity contribution is 0.263. The molecule has 1 aromatic heterocycles. The Balaban J connectivity index is 1.70. The molecule has 1 saturated carbocycles. The van der Waals surface area contributed by atoms with E-state index >= 15 is 0 Å². The Morgan fingerprint density at radius 3 is 2.41 bits per heavy atom. The summed E-state index contributed by atoms with van der Waals surface area (Å²) < 4.78 is 5.48. The molecule has 3 atom stereocenters. The summed E-state index contributed by atoms with van der Waals surface area (Å²) in [5.74, 6) is 3.61. The van der Waals surface area contributed by atoms with Gasteiger partial charge in [0.2, 0.25) is 0 Å². The highest BCUT2D eigenvalue weighted by Crippen LogP contribution is 2.43. The first kappa shape index (κ1) is 17.6. The fourth-order valence-corrected chi connectivity index (χ4v) is 4.39. The van der Waals surface area contributed by atoms with Gasteiger partial charge in [-0.05, 0) is 37.0 Å². The minimum Gasteiger partial charge on any atom is -0.449 e. The summed E-state index contributed by atoms with van der Waals surface area (Å²) in [4.78, 5) is 4.34. The Bertz CT molecular complexity index is 373. The number of rotatable bonds is 11. The van der Waals surface area contributed by atoms with Crippen LogP contribution in [0.15, 0.2) is 16.9 Å². The molecule has 2 heteroatoms. The van der Waals surface area contributed by atoms with Crippen LogP contribution in [0.5, 0.6) is 0 Å². The molecule has 1 aromatic rings. The highest BCUT2D eigenvalue weighted by molar-refractivity contribution is 4.91. The van der Waals surface area contributed by atoms with E-state index in [2.05, 4.69) is 18.8 Å². The number of unbranched alkanes of at least 4 members (excludes halogenated alkanes) is 6. The molecule has 0 aromatic carbocycles. The molecule has 0 amide bonds. The van der Waals surface area contributed by atoms with Crippen molar-refractivity contribution in [1.82, 2.24) is 4.98 Å². The average molecular weight is 306 g/mol. The van der Waals surface area contributed by atoms with Crippen LogP contribution in [0.4, 0.5) is 0 Å². The third-order valence-corrected chi connectivity index (χ3v) is 5.70. The summed E-state index contributed by atoms with van der Waals surface area (Å²) >= 11 is 0. The van der Waals surface area contributed by atoms with Crippen molar-refractivity contribution >= 4 is 0 Å². The van der Waals surface area contributed by atoms with Crippen LogP contribution in [-0.4, -0.2) is 4.98 Å². The maximum atomic E-state index is 5.48. The molecule has 1 heterocycles. The summed E-state index contributed by atoms with van der Waals surface area (Å²) in [6, 6.07) is 0. The van der Waals surface area contributed by atoms with Crippen LogP contribution in [0.1, 0.15) is 90.4 Å². The van der Waals surface area contributed by atoms with Gasteiger partial charge in [-0.3, -0.25) is 0 Å². The molecule has 0 spiro atoms.